The van der Waals surface area contributed by atoms with E-state index in [1.807, 2.05) is 13.8 Å². The minimum atomic E-state index is -0.499. The van der Waals surface area contributed by atoms with E-state index in [9.17, 15) is 9.59 Å². The molecule has 1 aromatic carbocycles. The number of benzene rings is 1. The molecule has 0 radical (unpaired) electrons. The van der Waals surface area contributed by atoms with Crippen molar-refractivity contribution in [2.75, 3.05) is 13.1 Å². The molecule has 0 aliphatic heterocycles. The van der Waals surface area contributed by atoms with Gasteiger partial charge in [0.25, 0.3) is 5.91 Å². The van der Waals surface area contributed by atoms with E-state index in [1.165, 1.54) is 4.90 Å². The van der Waals surface area contributed by atoms with E-state index >= 15 is 0 Å². The molecule has 0 fully saturated rings. The van der Waals surface area contributed by atoms with Crippen LogP contribution in [0.5, 0.6) is 0 Å². The summed E-state index contributed by atoms with van der Waals surface area (Å²) in [5.74, 6) is -0.389. The first-order valence-corrected chi connectivity index (χ1v) is 6.52. The maximum atomic E-state index is 12.2. The lowest BCUT2D eigenvalue weighted by Gasteiger charge is -2.23. The van der Waals surface area contributed by atoms with Crippen molar-refractivity contribution in [2.45, 2.75) is 13.8 Å². The van der Waals surface area contributed by atoms with Crippen molar-refractivity contribution in [1.29, 1.82) is 0 Å². The van der Waals surface area contributed by atoms with Crippen molar-refractivity contribution in [3.05, 3.63) is 34.3 Å². The van der Waals surface area contributed by atoms with E-state index < -0.39 is 5.91 Å². The van der Waals surface area contributed by atoms with Gasteiger partial charge in [0.05, 0.1) is 6.54 Å². The van der Waals surface area contributed by atoms with Crippen LogP contribution >= 0.6 is 15.9 Å². The zero-order chi connectivity index (χ0) is 13.7. The summed E-state index contributed by atoms with van der Waals surface area (Å²) in [5, 5.41) is 0. The smallest absolute Gasteiger partial charge is 0.254 e. The Morgan fingerprint density at radius 1 is 1.28 bits per heavy atom. The fourth-order valence-electron chi connectivity index (χ4n) is 1.62. The molecule has 18 heavy (non-hydrogen) atoms. The largest absolute Gasteiger partial charge is 0.368 e. The second kappa shape index (κ2) is 6.54. The van der Waals surface area contributed by atoms with Crippen LogP contribution < -0.4 is 5.73 Å². The van der Waals surface area contributed by atoms with Crippen LogP contribution in [0.2, 0.25) is 0 Å². The number of rotatable bonds is 5. The van der Waals surface area contributed by atoms with Gasteiger partial charge in [0.15, 0.2) is 0 Å². The van der Waals surface area contributed by atoms with E-state index in [4.69, 9.17) is 5.73 Å². The van der Waals surface area contributed by atoms with E-state index in [1.54, 1.807) is 24.3 Å². The molecular formula is C13H17BrN2O2. The molecule has 1 aromatic rings. The topological polar surface area (TPSA) is 63.4 Å². The Morgan fingerprint density at radius 2 is 1.83 bits per heavy atom. The van der Waals surface area contributed by atoms with Crippen LogP contribution in [0.3, 0.4) is 0 Å². The number of primary amides is 1. The number of carbonyl (C=O) groups is 2. The zero-order valence-electron chi connectivity index (χ0n) is 10.5. The summed E-state index contributed by atoms with van der Waals surface area (Å²) in [6.07, 6.45) is 0. The van der Waals surface area contributed by atoms with Gasteiger partial charge in [0, 0.05) is 16.6 Å². The summed E-state index contributed by atoms with van der Waals surface area (Å²) in [6.45, 7) is 4.44. The Labute approximate surface area is 115 Å². The van der Waals surface area contributed by atoms with Gasteiger partial charge in [-0.15, -0.1) is 0 Å². The minimum absolute atomic E-state index is 0.0485. The van der Waals surface area contributed by atoms with Gasteiger partial charge in [0.1, 0.15) is 0 Å². The molecule has 0 heterocycles. The van der Waals surface area contributed by atoms with Gasteiger partial charge in [-0.2, -0.15) is 0 Å². The number of hydrogen-bond acceptors (Lipinski definition) is 2. The lowest BCUT2D eigenvalue weighted by Crippen LogP contribution is -2.40. The third-order valence-corrected chi connectivity index (χ3v) is 2.84. The minimum Gasteiger partial charge on any atom is -0.368 e. The Kier molecular flexibility index (Phi) is 5.34. The first-order valence-electron chi connectivity index (χ1n) is 5.73. The number of carbonyl (C=O) groups excluding carboxylic acids is 2. The van der Waals surface area contributed by atoms with E-state index in [0.29, 0.717) is 12.1 Å². The van der Waals surface area contributed by atoms with Crippen molar-refractivity contribution in [3.63, 3.8) is 0 Å². The molecular weight excluding hydrogens is 296 g/mol. The molecule has 1 rings (SSSR count). The van der Waals surface area contributed by atoms with Crippen molar-refractivity contribution < 1.29 is 9.59 Å². The van der Waals surface area contributed by atoms with Crippen molar-refractivity contribution in [1.82, 2.24) is 4.90 Å². The van der Waals surface area contributed by atoms with E-state index in [2.05, 4.69) is 15.9 Å². The van der Waals surface area contributed by atoms with E-state index in [-0.39, 0.29) is 18.4 Å². The third kappa shape index (κ3) is 4.49. The normalized spacial score (nSPS) is 10.4. The van der Waals surface area contributed by atoms with Crippen LogP contribution in [0.1, 0.15) is 24.2 Å². The molecule has 0 aliphatic carbocycles. The molecule has 98 valence electrons. The van der Waals surface area contributed by atoms with Gasteiger partial charge in [-0.1, -0.05) is 29.8 Å². The highest BCUT2D eigenvalue weighted by Crippen LogP contribution is 2.13. The lowest BCUT2D eigenvalue weighted by molar-refractivity contribution is -0.118. The van der Waals surface area contributed by atoms with Crippen LogP contribution in [0, 0.1) is 5.92 Å². The fraction of sp³-hybridized carbons (Fsp3) is 0.385. The second-order valence-corrected chi connectivity index (χ2v) is 5.47. The molecule has 0 aromatic heterocycles. The third-order valence-electron chi connectivity index (χ3n) is 2.31. The average molecular weight is 313 g/mol. The summed E-state index contributed by atoms with van der Waals surface area (Å²) in [7, 11) is 0. The van der Waals surface area contributed by atoms with E-state index in [0.717, 1.165) is 4.47 Å². The van der Waals surface area contributed by atoms with Crippen LogP contribution in [0.15, 0.2) is 28.7 Å². The number of nitrogens with two attached hydrogens (primary N) is 1. The van der Waals surface area contributed by atoms with Gasteiger partial charge in [-0.25, -0.2) is 0 Å². The number of amides is 2. The summed E-state index contributed by atoms with van der Waals surface area (Å²) in [6, 6.07) is 7.04. The lowest BCUT2D eigenvalue weighted by atomic mass is 10.1. The predicted molar refractivity (Wildman–Crippen MR) is 74.1 cm³/mol. The van der Waals surface area contributed by atoms with Gasteiger partial charge in [0.2, 0.25) is 5.91 Å². The van der Waals surface area contributed by atoms with Crippen molar-refractivity contribution in [2.24, 2.45) is 11.7 Å². The number of halogens is 1. The SMILES string of the molecule is CC(C)CN(CC(N)=O)C(=O)c1ccc(Br)cc1. The van der Waals surface area contributed by atoms with Gasteiger partial charge in [-0.3, -0.25) is 9.59 Å². The predicted octanol–water partition coefficient (Wildman–Crippen LogP) is 2.03. The molecule has 0 saturated heterocycles. The Balaban J connectivity index is 2.87. The molecule has 2 N–H and O–H groups in total. The van der Waals surface area contributed by atoms with Crippen molar-refractivity contribution >= 4 is 27.7 Å². The van der Waals surface area contributed by atoms with Crippen LogP contribution in [-0.4, -0.2) is 29.8 Å². The highest BCUT2D eigenvalue weighted by Gasteiger charge is 2.18. The second-order valence-electron chi connectivity index (χ2n) is 4.55. The highest BCUT2D eigenvalue weighted by atomic mass is 79.9. The summed E-state index contributed by atoms with van der Waals surface area (Å²) in [5.41, 5.74) is 5.72. The van der Waals surface area contributed by atoms with Gasteiger partial charge >= 0.3 is 0 Å². The molecule has 0 aliphatic rings. The standard InChI is InChI=1S/C13H17BrN2O2/c1-9(2)7-16(8-12(15)17)13(18)10-3-5-11(14)6-4-10/h3-6,9H,7-8H2,1-2H3,(H2,15,17). The maximum absolute atomic E-state index is 12.2. The number of nitrogens with zero attached hydrogens (tertiary/aromatic N) is 1. The first-order chi connectivity index (χ1) is 8.40. The molecule has 0 atom stereocenters. The molecule has 4 nitrogen and oxygen atoms in total. The molecule has 2 amide bonds. The Bertz CT molecular complexity index is 429. The van der Waals surface area contributed by atoms with Gasteiger partial charge in [-0.05, 0) is 30.2 Å². The Morgan fingerprint density at radius 3 is 2.28 bits per heavy atom. The fourth-order valence-corrected chi connectivity index (χ4v) is 1.89. The van der Waals surface area contributed by atoms with Crippen molar-refractivity contribution in [3.8, 4) is 0 Å². The summed E-state index contributed by atoms with van der Waals surface area (Å²) >= 11 is 3.31. The quantitative estimate of drug-likeness (QED) is 0.904. The molecule has 0 saturated carbocycles. The summed E-state index contributed by atoms with van der Waals surface area (Å²) < 4.78 is 0.907. The highest BCUT2D eigenvalue weighted by molar-refractivity contribution is 9.10. The maximum Gasteiger partial charge on any atom is 0.254 e. The summed E-state index contributed by atoms with van der Waals surface area (Å²) in [4.78, 5) is 24.7. The van der Waals surface area contributed by atoms with Gasteiger partial charge < -0.3 is 10.6 Å². The Hall–Kier alpha value is -1.36. The van der Waals surface area contributed by atoms with Crippen LogP contribution in [-0.2, 0) is 4.79 Å². The van der Waals surface area contributed by atoms with Crippen LogP contribution in [0.25, 0.3) is 0 Å². The number of hydrogen-bond donors (Lipinski definition) is 1. The molecule has 0 spiro atoms. The zero-order valence-corrected chi connectivity index (χ0v) is 12.1. The molecule has 0 bridgehead atoms. The monoisotopic (exact) mass is 312 g/mol. The average Bonchev–Trinajstić information content (AvgIpc) is 2.27. The first kappa shape index (κ1) is 14.7. The molecule has 5 heteroatoms. The molecule has 0 unspecified atom stereocenters. The van der Waals surface area contributed by atoms with Crippen LogP contribution in [0.4, 0.5) is 0 Å².